The highest BCUT2D eigenvalue weighted by Gasteiger charge is 2.03. The van der Waals surface area contributed by atoms with Gasteiger partial charge in [0, 0.05) is 20.7 Å². The van der Waals surface area contributed by atoms with Gasteiger partial charge in [-0.15, -0.1) is 0 Å². The van der Waals surface area contributed by atoms with Gasteiger partial charge in [-0.3, -0.25) is 0 Å². The van der Waals surface area contributed by atoms with Crippen LogP contribution < -0.4 is 0 Å². The number of benzene rings is 2. The summed E-state index contributed by atoms with van der Waals surface area (Å²) in [6.45, 7) is 2.10. The predicted octanol–water partition coefficient (Wildman–Crippen LogP) is 5.36. The number of fused-ring (bicyclic) bond motifs is 1. The van der Waals surface area contributed by atoms with E-state index in [2.05, 4.69) is 54.4 Å². The van der Waals surface area contributed by atoms with Gasteiger partial charge >= 0.3 is 0 Å². The van der Waals surface area contributed by atoms with Crippen LogP contribution in [0, 0.1) is 11.6 Å². The number of pyridine rings is 1. The molecule has 0 atom stereocenters. The van der Waals surface area contributed by atoms with E-state index in [1.54, 1.807) is 11.8 Å². The largest absolute Gasteiger partial charge is 0.346 e. The van der Waals surface area contributed by atoms with E-state index in [9.17, 15) is 0 Å². The monoisotopic (exact) mass is 283 g/mol. The highest BCUT2D eigenvalue weighted by Crippen LogP contribution is 2.32. The molecule has 3 heteroatoms. The van der Waals surface area contributed by atoms with Gasteiger partial charge in [0.25, 0.3) is 0 Å². The number of hydrogen-bond acceptors (Lipinski definition) is 2. The maximum atomic E-state index is 5.30. The van der Waals surface area contributed by atoms with E-state index in [1.165, 1.54) is 20.7 Å². The van der Waals surface area contributed by atoms with Gasteiger partial charge in [-0.2, -0.15) is 0 Å². The Bertz CT molecular complexity index is 773. The Morgan fingerprint density at radius 3 is 2.53 bits per heavy atom. The lowest BCUT2D eigenvalue weighted by Crippen LogP contribution is -1.83. The fraction of sp³-hybridized carbons (Fsp3) is 0.0625. The maximum Gasteiger partial charge on any atom is 0.104 e. The minimum Gasteiger partial charge on any atom is -0.346 e. The molecule has 19 heavy (non-hydrogen) atoms. The predicted molar refractivity (Wildman–Crippen MR) is 84.4 cm³/mol. The van der Waals surface area contributed by atoms with E-state index >= 15 is 0 Å². The average Bonchev–Trinajstić information content (AvgIpc) is 2.41. The molecule has 0 amide bonds. The summed E-state index contributed by atoms with van der Waals surface area (Å²) >= 11 is 7.05. The molecule has 3 aromatic rings. The number of nitrogens with one attached hydrogen (secondary N) is 1. The molecule has 0 unspecified atom stereocenters. The maximum absolute atomic E-state index is 5.30. The molecule has 0 aliphatic rings. The van der Waals surface area contributed by atoms with Gasteiger partial charge < -0.3 is 4.98 Å². The zero-order valence-electron chi connectivity index (χ0n) is 10.5. The van der Waals surface area contributed by atoms with Crippen molar-refractivity contribution in [3.8, 4) is 0 Å². The third-order valence-electron chi connectivity index (χ3n) is 2.96. The third-order valence-corrected chi connectivity index (χ3v) is 4.25. The summed E-state index contributed by atoms with van der Waals surface area (Å²) in [6, 6.07) is 18.8. The second-order valence-corrected chi connectivity index (χ2v) is 6.01. The summed E-state index contributed by atoms with van der Waals surface area (Å²) in [5, 5.41) is 1.21. The zero-order chi connectivity index (χ0) is 13.2. The fourth-order valence-electron chi connectivity index (χ4n) is 1.99. The molecular formula is C16H13NS2. The molecule has 1 N–H and O–H groups in total. The van der Waals surface area contributed by atoms with Crippen molar-refractivity contribution < 1.29 is 0 Å². The Morgan fingerprint density at radius 1 is 1.00 bits per heavy atom. The van der Waals surface area contributed by atoms with Crippen molar-refractivity contribution in [3.63, 3.8) is 0 Å². The highest BCUT2D eigenvalue weighted by atomic mass is 32.2. The van der Waals surface area contributed by atoms with Crippen LogP contribution in [0.25, 0.3) is 10.9 Å². The normalized spacial score (nSPS) is 10.8. The lowest BCUT2D eigenvalue weighted by atomic mass is 10.2. The van der Waals surface area contributed by atoms with Crippen molar-refractivity contribution >= 4 is 34.9 Å². The SMILES string of the molecule is Cc1ccc(Sc2cc(=S)[nH]c3ccccc23)cc1. The molecule has 3 rings (SSSR count). The van der Waals surface area contributed by atoms with Gasteiger partial charge in [0.2, 0.25) is 0 Å². The van der Waals surface area contributed by atoms with Gasteiger partial charge in [0.05, 0.1) is 0 Å². The van der Waals surface area contributed by atoms with Gasteiger partial charge in [-0.05, 0) is 31.2 Å². The molecule has 0 radical (unpaired) electrons. The quantitative estimate of drug-likeness (QED) is 0.637. The standard InChI is InChI=1S/C16H13NS2/c1-11-6-8-12(9-7-11)19-15-10-16(18)17-14-5-3-2-4-13(14)15/h2-10H,1H3,(H,17,18). The molecular weight excluding hydrogens is 270 g/mol. The van der Waals surface area contributed by atoms with Crippen molar-refractivity contribution in [1.29, 1.82) is 0 Å². The molecule has 94 valence electrons. The van der Waals surface area contributed by atoms with Crippen LogP contribution >= 0.6 is 24.0 Å². The fourth-order valence-corrected chi connectivity index (χ4v) is 3.28. The minimum atomic E-state index is 0.772. The van der Waals surface area contributed by atoms with Crippen LogP contribution in [0.5, 0.6) is 0 Å². The smallest absolute Gasteiger partial charge is 0.104 e. The van der Waals surface area contributed by atoms with E-state index in [4.69, 9.17) is 12.2 Å². The first-order chi connectivity index (χ1) is 9.22. The first-order valence-electron chi connectivity index (χ1n) is 6.09. The highest BCUT2D eigenvalue weighted by molar-refractivity contribution is 7.99. The number of aryl methyl sites for hydroxylation is 1. The molecule has 2 aromatic carbocycles. The molecule has 0 saturated heterocycles. The summed E-state index contributed by atoms with van der Waals surface area (Å²) in [6.07, 6.45) is 0. The van der Waals surface area contributed by atoms with Crippen molar-refractivity contribution in [2.24, 2.45) is 0 Å². The van der Waals surface area contributed by atoms with Crippen LogP contribution in [-0.2, 0) is 0 Å². The van der Waals surface area contributed by atoms with Gasteiger partial charge in [-0.1, -0.05) is 59.9 Å². The summed E-state index contributed by atoms with van der Waals surface area (Å²) in [5.41, 5.74) is 2.36. The summed E-state index contributed by atoms with van der Waals surface area (Å²) in [7, 11) is 0. The number of para-hydroxylation sites is 1. The molecule has 1 heterocycles. The lowest BCUT2D eigenvalue weighted by Gasteiger charge is -2.06. The van der Waals surface area contributed by atoms with E-state index in [0.29, 0.717) is 0 Å². The van der Waals surface area contributed by atoms with Crippen LogP contribution in [0.4, 0.5) is 0 Å². The second kappa shape index (κ2) is 5.19. The van der Waals surface area contributed by atoms with Gasteiger partial charge in [-0.25, -0.2) is 0 Å². The topological polar surface area (TPSA) is 15.8 Å². The van der Waals surface area contributed by atoms with Gasteiger partial charge in [0.1, 0.15) is 4.64 Å². The van der Waals surface area contributed by atoms with Crippen molar-refractivity contribution in [3.05, 3.63) is 64.8 Å². The number of aromatic amines is 1. The molecule has 1 aromatic heterocycles. The van der Waals surface area contributed by atoms with Crippen LogP contribution in [0.2, 0.25) is 0 Å². The molecule has 1 nitrogen and oxygen atoms in total. The number of aromatic nitrogens is 1. The Hall–Kier alpha value is -1.58. The first kappa shape index (κ1) is 12.5. The number of H-pyrrole nitrogens is 1. The van der Waals surface area contributed by atoms with E-state index in [0.717, 1.165) is 10.2 Å². The van der Waals surface area contributed by atoms with Crippen molar-refractivity contribution in [1.82, 2.24) is 4.98 Å². The van der Waals surface area contributed by atoms with E-state index < -0.39 is 0 Å². The van der Waals surface area contributed by atoms with Crippen molar-refractivity contribution in [2.45, 2.75) is 16.7 Å². The molecule has 0 fully saturated rings. The molecule has 0 saturated carbocycles. The second-order valence-electron chi connectivity index (χ2n) is 4.46. The van der Waals surface area contributed by atoms with Crippen LogP contribution in [-0.4, -0.2) is 4.98 Å². The molecule has 0 bridgehead atoms. The Balaban J connectivity index is 2.09. The van der Waals surface area contributed by atoms with Gasteiger partial charge in [0.15, 0.2) is 0 Å². The summed E-state index contributed by atoms with van der Waals surface area (Å²) in [4.78, 5) is 5.66. The number of hydrogen-bond donors (Lipinski definition) is 1. The molecule has 0 aliphatic carbocycles. The first-order valence-corrected chi connectivity index (χ1v) is 7.31. The average molecular weight is 283 g/mol. The summed E-state index contributed by atoms with van der Waals surface area (Å²) in [5.74, 6) is 0. The Labute approximate surface area is 121 Å². The molecule has 0 aliphatic heterocycles. The Morgan fingerprint density at radius 2 is 1.74 bits per heavy atom. The van der Waals surface area contributed by atoms with Crippen LogP contribution in [0.1, 0.15) is 5.56 Å². The lowest BCUT2D eigenvalue weighted by molar-refractivity contribution is 1.31. The summed E-state index contributed by atoms with van der Waals surface area (Å²) < 4.78 is 0.772. The van der Waals surface area contributed by atoms with Crippen LogP contribution in [0.3, 0.4) is 0 Å². The zero-order valence-corrected chi connectivity index (χ0v) is 12.1. The van der Waals surface area contributed by atoms with Crippen molar-refractivity contribution in [2.75, 3.05) is 0 Å². The minimum absolute atomic E-state index is 0.772. The van der Waals surface area contributed by atoms with Crippen LogP contribution in [0.15, 0.2) is 64.4 Å². The Kier molecular flexibility index (Phi) is 3.40. The third kappa shape index (κ3) is 2.72. The van der Waals surface area contributed by atoms with E-state index in [1.807, 2.05) is 12.1 Å². The molecule has 0 spiro atoms. The number of rotatable bonds is 2. The van der Waals surface area contributed by atoms with E-state index in [-0.39, 0.29) is 0 Å².